The van der Waals surface area contributed by atoms with Gasteiger partial charge in [-0.25, -0.2) is 19.2 Å². The zero-order chi connectivity index (χ0) is 26.3. The lowest BCUT2D eigenvalue weighted by atomic mass is 9.94. The Morgan fingerprint density at radius 1 is 0.833 bits per heavy atom. The summed E-state index contributed by atoms with van der Waals surface area (Å²) in [5.74, 6) is -2.84. The van der Waals surface area contributed by atoms with E-state index in [9.17, 15) is 24.3 Å². The lowest BCUT2D eigenvalue weighted by Crippen LogP contribution is -2.72. The highest BCUT2D eigenvalue weighted by molar-refractivity contribution is 6.07. The predicted molar refractivity (Wildman–Crippen MR) is 128 cm³/mol. The quantitative estimate of drug-likeness (QED) is 0.365. The Morgan fingerprint density at radius 3 is 1.86 bits per heavy atom. The molecule has 1 aliphatic heterocycles. The van der Waals surface area contributed by atoms with E-state index in [2.05, 4.69) is 0 Å². The highest BCUT2D eigenvalue weighted by Crippen LogP contribution is 2.28. The molecule has 0 unspecified atom stereocenters. The van der Waals surface area contributed by atoms with Crippen LogP contribution in [0.25, 0.3) is 0 Å². The van der Waals surface area contributed by atoms with Crippen molar-refractivity contribution in [3.63, 3.8) is 0 Å². The van der Waals surface area contributed by atoms with E-state index in [0.29, 0.717) is 11.1 Å². The number of hydrogen-bond donors (Lipinski definition) is 1. The molecule has 36 heavy (non-hydrogen) atoms. The van der Waals surface area contributed by atoms with E-state index in [4.69, 9.17) is 14.2 Å². The number of rotatable bonds is 6. The van der Waals surface area contributed by atoms with Gasteiger partial charge in [-0.3, -0.25) is 4.90 Å². The van der Waals surface area contributed by atoms with Crippen molar-refractivity contribution in [1.82, 2.24) is 9.80 Å². The van der Waals surface area contributed by atoms with Gasteiger partial charge in [0.15, 0.2) is 0 Å². The molecular formula is C26H30N2O8. The standard InChI is InChI=1S/C26H30N2O8/c1-25(2,3)36-23(32)27-14-15-28(24(33)35-17-20-12-8-5-9-13-20)26(18-27,21(29)30)22(31)34-16-19-10-6-4-7-11-19/h4-13H,14-18H2,1-3H3,(H,29,30)/t26-/m1/s1. The Hall–Kier alpha value is -4.08. The van der Waals surface area contributed by atoms with Crippen molar-refractivity contribution >= 4 is 24.1 Å². The number of benzene rings is 2. The fourth-order valence-corrected chi connectivity index (χ4v) is 3.67. The number of carboxylic acid groups (broad SMARTS) is 1. The van der Waals surface area contributed by atoms with Crippen LogP contribution in [0.3, 0.4) is 0 Å². The smallest absolute Gasteiger partial charge is 0.411 e. The number of esters is 1. The van der Waals surface area contributed by atoms with E-state index in [0.717, 1.165) is 9.80 Å². The van der Waals surface area contributed by atoms with E-state index in [1.807, 2.05) is 0 Å². The minimum Gasteiger partial charge on any atom is -0.479 e. The van der Waals surface area contributed by atoms with Gasteiger partial charge >= 0.3 is 24.1 Å². The van der Waals surface area contributed by atoms with Crippen molar-refractivity contribution in [3.05, 3.63) is 71.8 Å². The maximum atomic E-state index is 13.3. The van der Waals surface area contributed by atoms with Gasteiger partial charge in [0, 0.05) is 13.1 Å². The molecule has 0 spiro atoms. The van der Waals surface area contributed by atoms with Gasteiger partial charge in [0.25, 0.3) is 5.54 Å². The number of piperazine rings is 1. The normalized spacial score (nSPS) is 17.8. The van der Waals surface area contributed by atoms with Crippen LogP contribution in [0.15, 0.2) is 60.7 Å². The monoisotopic (exact) mass is 498 g/mol. The third-order valence-electron chi connectivity index (χ3n) is 5.46. The number of carboxylic acids is 1. The van der Waals surface area contributed by atoms with Crippen LogP contribution in [-0.4, -0.2) is 69.8 Å². The van der Waals surface area contributed by atoms with Crippen LogP contribution in [0.2, 0.25) is 0 Å². The first-order chi connectivity index (χ1) is 17.0. The number of ether oxygens (including phenoxy) is 3. The average Bonchev–Trinajstić information content (AvgIpc) is 2.85. The summed E-state index contributed by atoms with van der Waals surface area (Å²) < 4.78 is 16.1. The molecule has 10 nitrogen and oxygen atoms in total. The fourth-order valence-electron chi connectivity index (χ4n) is 3.67. The number of carbonyl (C=O) groups excluding carboxylic acids is 3. The summed E-state index contributed by atoms with van der Waals surface area (Å²) in [6, 6.07) is 17.5. The second-order valence-corrected chi connectivity index (χ2v) is 9.32. The molecule has 2 amide bonds. The molecule has 1 saturated heterocycles. The molecule has 0 aromatic heterocycles. The second-order valence-electron chi connectivity index (χ2n) is 9.32. The average molecular weight is 499 g/mol. The van der Waals surface area contributed by atoms with Gasteiger partial charge < -0.3 is 24.2 Å². The van der Waals surface area contributed by atoms with Crippen molar-refractivity contribution in [2.75, 3.05) is 19.6 Å². The molecule has 1 heterocycles. The summed E-state index contributed by atoms with van der Waals surface area (Å²) in [5, 5.41) is 10.3. The topological polar surface area (TPSA) is 123 Å². The molecule has 0 saturated carbocycles. The Labute approximate surface area is 209 Å². The molecule has 1 atom stereocenters. The van der Waals surface area contributed by atoms with Crippen molar-refractivity contribution in [3.8, 4) is 0 Å². The summed E-state index contributed by atoms with van der Waals surface area (Å²) in [6.07, 6.45) is -1.82. The molecule has 0 radical (unpaired) electrons. The molecule has 1 N–H and O–H groups in total. The van der Waals surface area contributed by atoms with Crippen LogP contribution in [0, 0.1) is 0 Å². The zero-order valence-electron chi connectivity index (χ0n) is 20.5. The van der Waals surface area contributed by atoms with Crippen LogP contribution in [-0.2, 0) is 37.0 Å². The molecular weight excluding hydrogens is 468 g/mol. The molecule has 3 rings (SSSR count). The number of hydrogen-bond acceptors (Lipinski definition) is 7. The lowest BCUT2D eigenvalue weighted by molar-refractivity contribution is -0.176. The maximum Gasteiger partial charge on any atom is 0.411 e. The maximum absolute atomic E-state index is 13.3. The summed E-state index contributed by atoms with van der Waals surface area (Å²) >= 11 is 0. The SMILES string of the molecule is CC(C)(C)OC(=O)N1CCN(C(=O)OCc2ccccc2)[C@](C(=O)O)(C(=O)OCc2ccccc2)C1. The fraction of sp³-hybridized carbons (Fsp3) is 0.385. The summed E-state index contributed by atoms with van der Waals surface area (Å²) in [7, 11) is 0. The highest BCUT2D eigenvalue weighted by Gasteiger charge is 2.59. The van der Waals surface area contributed by atoms with Crippen molar-refractivity contribution in [2.24, 2.45) is 0 Å². The van der Waals surface area contributed by atoms with Crippen LogP contribution >= 0.6 is 0 Å². The van der Waals surface area contributed by atoms with E-state index < -0.39 is 41.8 Å². The van der Waals surface area contributed by atoms with Gasteiger partial charge in [-0.15, -0.1) is 0 Å². The van der Waals surface area contributed by atoms with E-state index in [-0.39, 0.29) is 26.3 Å². The summed E-state index contributed by atoms with van der Waals surface area (Å²) in [4.78, 5) is 53.7. The van der Waals surface area contributed by atoms with Crippen LogP contribution < -0.4 is 0 Å². The minimum absolute atomic E-state index is 0.0592. The van der Waals surface area contributed by atoms with Crippen molar-refractivity contribution in [2.45, 2.75) is 45.1 Å². The van der Waals surface area contributed by atoms with Gasteiger partial charge in [-0.2, -0.15) is 0 Å². The third kappa shape index (κ3) is 6.32. The predicted octanol–water partition coefficient (Wildman–Crippen LogP) is 3.44. The molecule has 1 aliphatic rings. The molecule has 0 aliphatic carbocycles. The highest BCUT2D eigenvalue weighted by atomic mass is 16.6. The third-order valence-corrected chi connectivity index (χ3v) is 5.46. The molecule has 2 aromatic rings. The first-order valence-electron chi connectivity index (χ1n) is 11.4. The molecule has 192 valence electrons. The number of amides is 2. The first-order valence-corrected chi connectivity index (χ1v) is 11.4. The van der Waals surface area contributed by atoms with Crippen molar-refractivity contribution in [1.29, 1.82) is 0 Å². The van der Waals surface area contributed by atoms with Gasteiger partial charge in [0.1, 0.15) is 18.8 Å². The minimum atomic E-state index is -2.53. The molecule has 1 fully saturated rings. The Balaban J connectivity index is 1.88. The zero-order valence-corrected chi connectivity index (χ0v) is 20.5. The van der Waals surface area contributed by atoms with Crippen LogP contribution in [0.5, 0.6) is 0 Å². The largest absolute Gasteiger partial charge is 0.479 e. The first kappa shape index (κ1) is 26.5. The van der Waals surface area contributed by atoms with Gasteiger partial charge in [0.2, 0.25) is 0 Å². The van der Waals surface area contributed by atoms with Crippen LogP contribution in [0.4, 0.5) is 9.59 Å². The molecule has 2 aromatic carbocycles. The number of nitrogens with zero attached hydrogens (tertiary/aromatic N) is 2. The Bertz CT molecular complexity index is 1080. The summed E-state index contributed by atoms with van der Waals surface area (Å²) in [6.45, 7) is 3.66. The van der Waals surface area contributed by atoms with Crippen molar-refractivity contribution < 1.29 is 38.5 Å². The van der Waals surface area contributed by atoms with E-state index >= 15 is 0 Å². The molecule has 0 bridgehead atoms. The Morgan fingerprint density at radius 2 is 1.36 bits per heavy atom. The van der Waals surface area contributed by atoms with E-state index in [1.165, 1.54) is 0 Å². The molecule has 10 heteroatoms. The Kier molecular flexibility index (Phi) is 8.18. The van der Waals surface area contributed by atoms with Gasteiger partial charge in [0.05, 0.1) is 6.54 Å². The summed E-state index contributed by atoms with van der Waals surface area (Å²) in [5.41, 5.74) is -2.06. The van der Waals surface area contributed by atoms with E-state index in [1.54, 1.807) is 81.4 Å². The number of carbonyl (C=O) groups is 4. The van der Waals surface area contributed by atoms with Gasteiger partial charge in [-0.1, -0.05) is 60.7 Å². The van der Waals surface area contributed by atoms with Gasteiger partial charge in [-0.05, 0) is 31.9 Å². The van der Waals surface area contributed by atoms with Crippen LogP contribution in [0.1, 0.15) is 31.9 Å². The number of aliphatic carboxylic acids is 1. The second kappa shape index (κ2) is 11.1. The lowest BCUT2D eigenvalue weighted by Gasteiger charge is -2.45.